The van der Waals surface area contributed by atoms with E-state index in [1.807, 2.05) is 36.1 Å². The van der Waals surface area contributed by atoms with Crippen LogP contribution in [0.3, 0.4) is 0 Å². The first-order valence-electron chi connectivity index (χ1n) is 7.80. The lowest BCUT2D eigenvalue weighted by Crippen LogP contribution is -2.39. The van der Waals surface area contributed by atoms with Crippen LogP contribution in [0.25, 0.3) is 0 Å². The van der Waals surface area contributed by atoms with Gasteiger partial charge in [-0.2, -0.15) is 0 Å². The summed E-state index contributed by atoms with van der Waals surface area (Å²) in [6.45, 7) is 4.96. The molecule has 0 aliphatic rings. The Morgan fingerprint density at radius 3 is 2.50 bits per heavy atom. The van der Waals surface area contributed by atoms with Gasteiger partial charge in [0.05, 0.1) is 19.2 Å². The molecule has 0 bridgehead atoms. The molecule has 0 radical (unpaired) electrons. The summed E-state index contributed by atoms with van der Waals surface area (Å²) in [5.74, 6) is 1.42. The highest BCUT2D eigenvalue weighted by Gasteiger charge is 2.21. The lowest BCUT2D eigenvalue weighted by Gasteiger charge is -2.28. The van der Waals surface area contributed by atoms with E-state index >= 15 is 0 Å². The number of carbonyl (C=O) groups excluding carboxylic acids is 1. The van der Waals surface area contributed by atoms with Crippen LogP contribution in [0.1, 0.15) is 35.5 Å². The Bertz CT molecular complexity index is 640. The van der Waals surface area contributed by atoms with Crippen LogP contribution in [-0.4, -0.2) is 30.5 Å². The van der Waals surface area contributed by atoms with E-state index in [1.165, 1.54) is 11.8 Å². The van der Waals surface area contributed by atoms with Crippen molar-refractivity contribution in [2.75, 3.05) is 13.7 Å². The average Bonchev–Trinajstić information content (AvgIpc) is 3.05. The highest BCUT2D eigenvalue weighted by atomic mass is 35.5. The van der Waals surface area contributed by atoms with Crippen molar-refractivity contribution >= 4 is 18.3 Å². The van der Waals surface area contributed by atoms with Crippen molar-refractivity contribution in [2.24, 2.45) is 5.73 Å². The third kappa shape index (κ3) is 4.76. The molecule has 6 heteroatoms. The second kappa shape index (κ2) is 9.35. The van der Waals surface area contributed by atoms with E-state index in [9.17, 15) is 4.79 Å². The van der Waals surface area contributed by atoms with Gasteiger partial charge in [0.25, 0.3) is 5.91 Å². The molecule has 2 aromatic rings. The Kier molecular flexibility index (Phi) is 7.82. The largest absolute Gasteiger partial charge is 0.497 e. The minimum absolute atomic E-state index is 0. The van der Waals surface area contributed by atoms with E-state index in [-0.39, 0.29) is 24.4 Å². The molecule has 1 amide bonds. The summed E-state index contributed by atoms with van der Waals surface area (Å²) in [7, 11) is 1.65. The summed E-state index contributed by atoms with van der Waals surface area (Å²) < 4.78 is 10.4. The lowest BCUT2D eigenvalue weighted by atomic mass is 10.0. The SMILES string of the molecule is CCN(C(=O)c1coc(CN)c1)C(C)Cc1ccc(OC)cc1.Cl. The van der Waals surface area contributed by atoms with Crippen molar-refractivity contribution in [3.05, 3.63) is 53.5 Å². The van der Waals surface area contributed by atoms with Gasteiger partial charge >= 0.3 is 0 Å². The summed E-state index contributed by atoms with van der Waals surface area (Å²) in [4.78, 5) is 14.5. The monoisotopic (exact) mass is 352 g/mol. The third-order valence-corrected chi connectivity index (χ3v) is 3.93. The highest BCUT2D eigenvalue weighted by molar-refractivity contribution is 5.94. The average molecular weight is 353 g/mol. The number of benzene rings is 1. The number of hydrogen-bond donors (Lipinski definition) is 1. The molecule has 132 valence electrons. The summed E-state index contributed by atoms with van der Waals surface area (Å²) in [6, 6.07) is 9.71. The van der Waals surface area contributed by atoms with Gasteiger partial charge in [0.1, 0.15) is 17.8 Å². The molecule has 0 spiro atoms. The summed E-state index contributed by atoms with van der Waals surface area (Å²) in [5.41, 5.74) is 7.24. The Balaban J connectivity index is 0.00000288. The van der Waals surface area contributed by atoms with Crippen molar-refractivity contribution in [2.45, 2.75) is 32.9 Å². The zero-order valence-electron chi connectivity index (χ0n) is 14.3. The first kappa shape index (κ1) is 20.1. The van der Waals surface area contributed by atoms with Crippen LogP contribution in [0.15, 0.2) is 41.0 Å². The van der Waals surface area contributed by atoms with Gasteiger partial charge in [0, 0.05) is 12.6 Å². The summed E-state index contributed by atoms with van der Waals surface area (Å²) in [5, 5.41) is 0. The molecule has 5 nitrogen and oxygen atoms in total. The maximum Gasteiger partial charge on any atom is 0.257 e. The minimum Gasteiger partial charge on any atom is -0.497 e. The molecule has 1 unspecified atom stereocenters. The van der Waals surface area contributed by atoms with Crippen LogP contribution in [0.4, 0.5) is 0 Å². The number of halogens is 1. The van der Waals surface area contributed by atoms with Crippen molar-refractivity contribution < 1.29 is 13.9 Å². The Morgan fingerprint density at radius 1 is 1.33 bits per heavy atom. The maximum atomic E-state index is 12.6. The number of nitrogens with two attached hydrogens (primary N) is 1. The normalized spacial score (nSPS) is 11.5. The van der Waals surface area contributed by atoms with E-state index in [4.69, 9.17) is 14.9 Å². The fraction of sp³-hybridized carbons (Fsp3) is 0.389. The van der Waals surface area contributed by atoms with Gasteiger partial charge in [-0.05, 0) is 44.0 Å². The molecular formula is C18H25ClN2O3. The molecule has 0 fully saturated rings. The topological polar surface area (TPSA) is 68.7 Å². The predicted molar refractivity (Wildman–Crippen MR) is 96.7 cm³/mol. The number of furan rings is 1. The molecule has 1 atom stereocenters. The van der Waals surface area contributed by atoms with Gasteiger partial charge < -0.3 is 19.8 Å². The fourth-order valence-electron chi connectivity index (χ4n) is 2.63. The molecular weight excluding hydrogens is 328 g/mol. The Morgan fingerprint density at radius 2 is 2.00 bits per heavy atom. The number of likely N-dealkylation sites (N-methyl/N-ethyl adjacent to an activating group) is 1. The molecule has 1 aromatic heterocycles. The zero-order chi connectivity index (χ0) is 16.8. The van der Waals surface area contributed by atoms with Crippen LogP contribution in [-0.2, 0) is 13.0 Å². The molecule has 2 rings (SSSR count). The van der Waals surface area contributed by atoms with E-state index < -0.39 is 0 Å². The fourth-order valence-corrected chi connectivity index (χ4v) is 2.63. The van der Waals surface area contributed by atoms with E-state index in [0.29, 0.717) is 24.4 Å². The Hall–Kier alpha value is -1.98. The van der Waals surface area contributed by atoms with Crippen LogP contribution in [0.5, 0.6) is 5.75 Å². The molecule has 1 heterocycles. The lowest BCUT2D eigenvalue weighted by molar-refractivity contribution is 0.0702. The van der Waals surface area contributed by atoms with Crippen molar-refractivity contribution in [3.8, 4) is 5.75 Å². The number of nitrogens with zero attached hydrogens (tertiary/aromatic N) is 1. The van der Waals surface area contributed by atoms with Gasteiger partial charge in [-0.25, -0.2) is 0 Å². The molecule has 0 saturated carbocycles. The third-order valence-electron chi connectivity index (χ3n) is 3.93. The molecule has 0 aliphatic carbocycles. The second-order valence-corrected chi connectivity index (χ2v) is 5.50. The quantitative estimate of drug-likeness (QED) is 0.830. The number of hydrogen-bond acceptors (Lipinski definition) is 4. The molecule has 0 aliphatic heterocycles. The van der Waals surface area contributed by atoms with Crippen molar-refractivity contribution in [3.63, 3.8) is 0 Å². The molecule has 0 saturated heterocycles. The van der Waals surface area contributed by atoms with E-state index in [2.05, 4.69) is 6.92 Å². The van der Waals surface area contributed by atoms with Gasteiger partial charge in [0.15, 0.2) is 0 Å². The predicted octanol–water partition coefficient (Wildman–Crippen LogP) is 3.26. The van der Waals surface area contributed by atoms with Crippen molar-refractivity contribution in [1.29, 1.82) is 0 Å². The standard InChI is InChI=1S/C18H24N2O3.ClH/c1-4-20(18(21)15-10-17(11-19)23-12-15)13(2)9-14-5-7-16(22-3)8-6-14;/h5-8,10,12-13H,4,9,11,19H2,1-3H3;1H. The van der Waals surface area contributed by atoms with Crippen molar-refractivity contribution in [1.82, 2.24) is 4.90 Å². The smallest absolute Gasteiger partial charge is 0.257 e. The van der Waals surface area contributed by atoms with E-state index in [0.717, 1.165) is 12.2 Å². The van der Waals surface area contributed by atoms with Crippen LogP contribution >= 0.6 is 12.4 Å². The Labute approximate surface area is 149 Å². The summed E-state index contributed by atoms with van der Waals surface area (Å²) in [6.07, 6.45) is 2.26. The number of amides is 1. The van der Waals surface area contributed by atoms with Gasteiger partial charge in [-0.15, -0.1) is 12.4 Å². The first-order valence-corrected chi connectivity index (χ1v) is 7.80. The molecule has 24 heavy (non-hydrogen) atoms. The van der Waals surface area contributed by atoms with Crippen LogP contribution in [0.2, 0.25) is 0 Å². The highest BCUT2D eigenvalue weighted by Crippen LogP contribution is 2.17. The van der Waals surface area contributed by atoms with Crippen LogP contribution in [0, 0.1) is 0 Å². The van der Waals surface area contributed by atoms with E-state index in [1.54, 1.807) is 13.2 Å². The van der Waals surface area contributed by atoms with Crippen LogP contribution < -0.4 is 10.5 Å². The van der Waals surface area contributed by atoms with Gasteiger partial charge in [0.2, 0.25) is 0 Å². The molecule has 1 aromatic carbocycles. The number of methoxy groups -OCH3 is 1. The summed E-state index contributed by atoms with van der Waals surface area (Å²) >= 11 is 0. The number of carbonyl (C=O) groups is 1. The first-order chi connectivity index (χ1) is 11.1. The number of ether oxygens (including phenoxy) is 1. The minimum atomic E-state index is -0.0306. The number of rotatable bonds is 7. The molecule has 2 N–H and O–H groups in total. The van der Waals surface area contributed by atoms with Gasteiger partial charge in [-0.1, -0.05) is 12.1 Å². The second-order valence-electron chi connectivity index (χ2n) is 5.50. The van der Waals surface area contributed by atoms with Gasteiger partial charge in [-0.3, -0.25) is 4.79 Å². The maximum absolute atomic E-state index is 12.6. The zero-order valence-corrected chi connectivity index (χ0v) is 15.1.